The number of carbonyl (C=O) groups is 1. The Balaban J connectivity index is 1.86. The molecule has 0 saturated heterocycles. The van der Waals surface area contributed by atoms with E-state index < -0.39 is 0 Å². The van der Waals surface area contributed by atoms with Crippen LogP contribution in [0.15, 0.2) is 55.0 Å². The number of aromatic nitrogens is 2. The standard InChI is InChI=1S/C16H14N2O/c19-12-14-1-2-15-6-10-18(16(15)11-14)9-5-13-3-7-17-8-4-13/h1-4,6-8,10-12H,5,9H2. The molecule has 3 heteroatoms. The third-order valence-corrected chi connectivity index (χ3v) is 3.32. The van der Waals surface area contributed by atoms with E-state index in [1.54, 1.807) is 0 Å². The van der Waals surface area contributed by atoms with Gasteiger partial charge in [-0.25, -0.2) is 0 Å². The van der Waals surface area contributed by atoms with E-state index in [-0.39, 0.29) is 0 Å². The van der Waals surface area contributed by atoms with Crippen molar-refractivity contribution in [1.29, 1.82) is 0 Å². The lowest BCUT2D eigenvalue weighted by atomic mass is 10.2. The minimum absolute atomic E-state index is 0.719. The van der Waals surface area contributed by atoms with E-state index >= 15 is 0 Å². The number of benzene rings is 1. The molecule has 0 spiro atoms. The molecule has 0 N–H and O–H groups in total. The van der Waals surface area contributed by atoms with Crippen LogP contribution in [0.3, 0.4) is 0 Å². The van der Waals surface area contributed by atoms with Crippen LogP contribution in [-0.4, -0.2) is 15.8 Å². The van der Waals surface area contributed by atoms with Gasteiger partial charge in [-0.1, -0.05) is 12.1 Å². The second kappa shape index (κ2) is 5.06. The predicted molar refractivity (Wildman–Crippen MR) is 75.3 cm³/mol. The van der Waals surface area contributed by atoms with Gasteiger partial charge in [-0.3, -0.25) is 9.78 Å². The maximum absolute atomic E-state index is 10.8. The summed E-state index contributed by atoms with van der Waals surface area (Å²) < 4.78 is 2.18. The van der Waals surface area contributed by atoms with Crippen molar-refractivity contribution in [2.24, 2.45) is 0 Å². The fourth-order valence-corrected chi connectivity index (χ4v) is 2.27. The zero-order valence-electron chi connectivity index (χ0n) is 10.5. The lowest BCUT2D eigenvalue weighted by Crippen LogP contribution is -2.00. The van der Waals surface area contributed by atoms with E-state index in [1.165, 1.54) is 10.9 Å². The number of nitrogens with zero attached hydrogens (tertiary/aromatic N) is 2. The van der Waals surface area contributed by atoms with Crippen molar-refractivity contribution < 1.29 is 4.79 Å². The molecular formula is C16H14N2O. The van der Waals surface area contributed by atoms with E-state index in [1.807, 2.05) is 42.7 Å². The van der Waals surface area contributed by atoms with E-state index in [9.17, 15) is 4.79 Å². The first kappa shape index (κ1) is 11.7. The maximum Gasteiger partial charge on any atom is 0.150 e. The summed E-state index contributed by atoms with van der Waals surface area (Å²) in [5.74, 6) is 0. The van der Waals surface area contributed by atoms with Gasteiger partial charge in [0.25, 0.3) is 0 Å². The maximum atomic E-state index is 10.8. The van der Waals surface area contributed by atoms with Gasteiger partial charge >= 0.3 is 0 Å². The van der Waals surface area contributed by atoms with Crippen molar-refractivity contribution in [2.75, 3.05) is 0 Å². The van der Waals surface area contributed by atoms with Gasteiger partial charge in [-0.05, 0) is 41.6 Å². The van der Waals surface area contributed by atoms with Crippen LogP contribution in [0.2, 0.25) is 0 Å². The molecule has 1 aromatic carbocycles. The molecule has 0 saturated carbocycles. The Kier molecular flexibility index (Phi) is 3.11. The summed E-state index contributed by atoms with van der Waals surface area (Å²) in [5.41, 5.74) is 3.10. The lowest BCUT2D eigenvalue weighted by Gasteiger charge is -2.06. The highest BCUT2D eigenvalue weighted by Crippen LogP contribution is 2.17. The molecule has 0 amide bonds. The van der Waals surface area contributed by atoms with Crippen molar-refractivity contribution in [1.82, 2.24) is 9.55 Å². The summed E-state index contributed by atoms with van der Waals surface area (Å²) in [4.78, 5) is 14.9. The first-order valence-corrected chi connectivity index (χ1v) is 6.30. The molecule has 3 nitrogen and oxygen atoms in total. The summed E-state index contributed by atoms with van der Waals surface area (Å²) in [7, 11) is 0. The van der Waals surface area contributed by atoms with Crippen LogP contribution in [0.25, 0.3) is 10.9 Å². The average molecular weight is 250 g/mol. The molecule has 0 bridgehead atoms. The summed E-state index contributed by atoms with van der Waals surface area (Å²) in [6.45, 7) is 0.899. The Labute approximate surface area is 111 Å². The molecule has 0 radical (unpaired) electrons. The van der Waals surface area contributed by atoms with Crippen molar-refractivity contribution in [3.05, 3.63) is 66.1 Å². The van der Waals surface area contributed by atoms with Crippen molar-refractivity contribution >= 4 is 17.2 Å². The largest absolute Gasteiger partial charge is 0.347 e. The molecule has 0 aliphatic rings. The molecule has 3 aromatic rings. The predicted octanol–water partition coefficient (Wildman–Crippen LogP) is 3.09. The van der Waals surface area contributed by atoms with E-state index in [0.717, 1.165) is 30.3 Å². The zero-order chi connectivity index (χ0) is 13.1. The van der Waals surface area contributed by atoms with Gasteiger partial charge in [0.15, 0.2) is 0 Å². The molecule has 0 atom stereocenters. The Hall–Kier alpha value is -2.42. The molecule has 2 heterocycles. The van der Waals surface area contributed by atoms with Crippen LogP contribution in [0.4, 0.5) is 0 Å². The zero-order valence-corrected chi connectivity index (χ0v) is 10.5. The normalized spacial score (nSPS) is 10.7. The molecule has 0 unspecified atom stereocenters. The highest BCUT2D eigenvalue weighted by atomic mass is 16.1. The van der Waals surface area contributed by atoms with Gasteiger partial charge in [0.2, 0.25) is 0 Å². The van der Waals surface area contributed by atoms with Crippen molar-refractivity contribution in [3.63, 3.8) is 0 Å². The number of carbonyl (C=O) groups excluding carboxylic acids is 1. The first-order valence-electron chi connectivity index (χ1n) is 6.30. The summed E-state index contributed by atoms with van der Waals surface area (Å²) in [6.07, 6.45) is 7.54. The first-order chi connectivity index (χ1) is 9.36. The average Bonchev–Trinajstić information content (AvgIpc) is 2.88. The monoisotopic (exact) mass is 250 g/mol. The van der Waals surface area contributed by atoms with Crippen LogP contribution < -0.4 is 0 Å². The number of hydrogen-bond acceptors (Lipinski definition) is 2. The van der Waals surface area contributed by atoms with Crippen LogP contribution in [0.1, 0.15) is 15.9 Å². The molecule has 94 valence electrons. The Bertz CT molecular complexity index is 701. The SMILES string of the molecule is O=Cc1ccc2ccn(CCc3ccncc3)c2c1. The number of fused-ring (bicyclic) bond motifs is 1. The second-order valence-electron chi connectivity index (χ2n) is 4.55. The number of aldehydes is 1. The Morgan fingerprint density at radius 2 is 1.95 bits per heavy atom. The number of hydrogen-bond donors (Lipinski definition) is 0. The van der Waals surface area contributed by atoms with Gasteiger partial charge in [-0.2, -0.15) is 0 Å². The third-order valence-electron chi connectivity index (χ3n) is 3.32. The smallest absolute Gasteiger partial charge is 0.150 e. The number of pyridine rings is 1. The molecule has 2 aromatic heterocycles. The highest BCUT2D eigenvalue weighted by Gasteiger charge is 2.02. The third kappa shape index (κ3) is 2.40. The second-order valence-corrected chi connectivity index (χ2v) is 4.55. The lowest BCUT2D eigenvalue weighted by molar-refractivity contribution is 0.112. The topological polar surface area (TPSA) is 34.9 Å². The molecule has 3 rings (SSSR count). The van der Waals surface area contributed by atoms with Crippen molar-refractivity contribution in [2.45, 2.75) is 13.0 Å². The van der Waals surface area contributed by atoms with Gasteiger partial charge in [-0.15, -0.1) is 0 Å². The molecule has 19 heavy (non-hydrogen) atoms. The number of aryl methyl sites for hydroxylation is 2. The van der Waals surface area contributed by atoms with Crippen LogP contribution in [0.5, 0.6) is 0 Å². The quantitative estimate of drug-likeness (QED) is 0.667. The minimum Gasteiger partial charge on any atom is -0.347 e. The summed E-state index contributed by atoms with van der Waals surface area (Å²) in [6, 6.07) is 11.9. The summed E-state index contributed by atoms with van der Waals surface area (Å²) >= 11 is 0. The molecular weight excluding hydrogens is 236 g/mol. The van der Waals surface area contributed by atoms with Crippen LogP contribution in [0, 0.1) is 0 Å². The van der Waals surface area contributed by atoms with Gasteiger partial charge in [0.05, 0.1) is 0 Å². The van der Waals surface area contributed by atoms with Crippen molar-refractivity contribution in [3.8, 4) is 0 Å². The number of rotatable bonds is 4. The van der Waals surface area contributed by atoms with Gasteiger partial charge in [0, 0.05) is 36.2 Å². The van der Waals surface area contributed by atoms with Crippen LogP contribution in [-0.2, 0) is 13.0 Å². The minimum atomic E-state index is 0.719. The Morgan fingerprint density at radius 1 is 1.11 bits per heavy atom. The summed E-state index contributed by atoms with van der Waals surface area (Å²) in [5, 5.41) is 1.17. The highest BCUT2D eigenvalue weighted by molar-refractivity contribution is 5.87. The Morgan fingerprint density at radius 3 is 2.74 bits per heavy atom. The van der Waals surface area contributed by atoms with E-state index in [0.29, 0.717) is 0 Å². The fraction of sp³-hybridized carbons (Fsp3) is 0.125. The fourth-order valence-electron chi connectivity index (χ4n) is 2.27. The molecule has 0 aliphatic carbocycles. The van der Waals surface area contributed by atoms with Crippen LogP contribution >= 0.6 is 0 Å². The molecule has 0 aliphatic heterocycles. The van der Waals surface area contributed by atoms with E-state index in [4.69, 9.17) is 0 Å². The van der Waals surface area contributed by atoms with E-state index in [2.05, 4.69) is 21.8 Å². The van der Waals surface area contributed by atoms with Gasteiger partial charge < -0.3 is 4.57 Å². The van der Waals surface area contributed by atoms with Gasteiger partial charge in [0.1, 0.15) is 6.29 Å². The molecule has 0 fully saturated rings.